The van der Waals surface area contributed by atoms with Crippen LogP contribution in [-0.4, -0.2) is 34.2 Å². The quantitative estimate of drug-likeness (QED) is 0.937. The molecule has 3 rings (SSSR count). The molecule has 2 unspecified atom stereocenters. The van der Waals surface area contributed by atoms with Crippen LogP contribution in [0.25, 0.3) is 11.1 Å². The van der Waals surface area contributed by atoms with Gasteiger partial charge in [0.2, 0.25) is 5.89 Å². The molecule has 108 valence electrons. The monoisotopic (exact) mass is 278 g/mol. The van der Waals surface area contributed by atoms with E-state index in [0.29, 0.717) is 29.5 Å². The van der Waals surface area contributed by atoms with Crippen molar-refractivity contribution in [3.05, 3.63) is 29.9 Å². The lowest BCUT2D eigenvalue weighted by atomic mass is 9.93. The number of oxazole rings is 1. The standard InChI is InChI=1S/C15H19FN2O2/c1-10(19)11-3-2-6-18(8-11)9-15-17-13-5-4-12(16)7-14(13)20-15/h4-5,7,10-11,19H,2-3,6,8-9H2,1H3. The van der Waals surface area contributed by atoms with E-state index in [9.17, 15) is 9.50 Å². The molecule has 1 fully saturated rings. The van der Waals surface area contributed by atoms with Gasteiger partial charge in [-0.15, -0.1) is 0 Å². The van der Waals surface area contributed by atoms with E-state index < -0.39 is 0 Å². The molecule has 0 bridgehead atoms. The zero-order chi connectivity index (χ0) is 14.1. The number of fused-ring (bicyclic) bond motifs is 1. The van der Waals surface area contributed by atoms with Crippen molar-refractivity contribution in [2.45, 2.75) is 32.4 Å². The molecule has 1 N–H and O–H groups in total. The lowest BCUT2D eigenvalue weighted by molar-refractivity contribution is 0.0567. The minimum atomic E-state index is -0.313. The van der Waals surface area contributed by atoms with Gasteiger partial charge in [0.05, 0.1) is 12.6 Å². The molecule has 0 saturated carbocycles. The Morgan fingerprint density at radius 2 is 2.40 bits per heavy atom. The number of hydrogen-bond donors (Lipinski definition) is 1. The molecule has 2 atom stereocenters. The van der Waals surface area contributed by atoms with Gasteiger partial charge >= 0.3 is 0 Å². The molecule has 1 aliphatic heterocycles. The van der Waals surface area contributed by atoms with E-state index in [4.69, 9.17) is 4.42 Å². The fourth-order valence-corrected chi connectivity index (χ4v) is 2.83. The highest BCUT2D eigenvalue weighted by Gasteiger charge is 2.24. The fraction of sp³-hybridized carbons (Fsp3) is 0.533. The first-order valence-corrected chi connectivity index (χ1v) is 7.07. The van der Waals surface area contributed by atoms with Crippen LogP contribution in [0.4, 0.5) is 4.39 Å². The summed E-state index contributed by atoms with van der Waals surface area (Å²) in [7, 11) is 0. The number of piperidine rings is 1. The lowest BCUT2D eigenvalue weighted by Crippen LogP contribution is -2.39. The highest BCUT2D eigenvalue weighted by atomic mass is 19.1. The van der Waals surface area contributed by atoms with Crippen LogP contribution in [0.1, 0.15) is 25.7 Å². The van der Waals surface area contributed by atoms with Gasteiger partial charge in [0.1, 0.15) is 11.3 Å². The van der Waals surface area contributed by atoms with Gasteiger partial charge in [0.25, 0.3) is 0 Å². The van der Waals surface area contributed by atoms with E-state index in [-0.39, 0.29) is 11.9 Å². The lowest BCUT2D eigenvalue weighted by Gasteiger charge is -2.33. The second kappa shape index (κ2) is 5.50. The molecule has 1 aromatic carbocycles. The molecular formula is C15H19FN2O2. The molecule has 0 aliphatic carbocycles. The zero-order valence-corrected chi connectivity index (χ0v) is 11.6. The maximum Gasteiger partial charge on any atom is 0.209 e. The third kappa shape index (κ3) is 2.83. The number of nitrogens with zero attached hydrogens (tertiary/aromatic N) is 2. The Kier molecular flexibility index (Phi) is 3.72. The smallest absolute Gasteiger partial charge is 0.209 e. The van der Waals surface area contributed by atoms with Crippen molar-refractivity contribution >= 4 is 11.1 Å². The Hall–Kier alpha value is -1.46. The Balaban J connectivity index is 1.72. The number of likely N-dealkylation sites (tertiary alicyclic amines) is 1. The Bertz CT molecular complexity index is 597. The summed E-state index contributed by atoms with van der Waals surface area (Å²) >= 11 is 0. The molecule has 1 aliphatic rings. The van der Waals surface area contributed by atoms with Gasteiger partial charge in [0, 0.05) is 12.6 Å². The molecule has 2 heterocycles. The van der Waals surface area contributed by atoms with Gasteiger partial charge in [-0.3, -0.25) is 4.90 Å². The molecule has 1 saturated heterocycles. The second-order valence-electron chi connectivity index (χ2n) is 5.60. The van der Waals surface area contributed by atoms with Crippen LogP contribution >= 0.6 is 0 Å². The van der Waals surface area contributed by atoms with E-state index in [1.54, 1.807) is 6.07 Å². The Morgan fingerprint density at radius 3 is 3.20 bits per heavy atom. The summed E-state index contributed by atoms with van der Waals surface area (Å²) in [6.07, 6.45) is 1.85. The van der Waals surface area contributed by atoms with Crippen molar-refractivity contribution < 1.29 is 13.9 Å². The Morgan fingerprint density at radius 1 is 1.55 bits per heavy atom. The molecule has 5 heteroatoms. The van der Waals surface area contributed by atoms with Gasteiger partial charge < -0.3 is 9.52 Å². The predicted molar refractivity (Wildman–Crippen MR) is 73.6 cm³/mol. The zero-order valence-electron chi connectivity index (χ0n) is 11.6. The summed E-state index contributed by atoms with van der Waals surface area (Å²) in [6.45, 7) is 4.29. The summed E-state index contributed by atoms with van der Waals surface area (Å²) in [5.74, 6) is 0.606. The first-order chi connectivity index (χ1) is 9.61. The number of aliphatic hydroxyl groups is 1. The molecule has 1 aromatic heterocycles. The largest absolute Gasteiger partial charge is 0.439 e. The van der Waals surface area contributed by atoms with Crippen molar-refractivity contribution in [1.82, 2.24) is 9.88 Å². The number of aromatic nitrogens is 1. The first-order valence-electron chi connectivity index (χ1n) is 7.07. The maximum atomic E-state index is 13.1. The van der Waals surface area contributed by atoms with Gasteiger partial charge in [-0.2, -0.15) is 0 Å². The van der Waals surface area contributed by atoms with Crippen LogP contribution in [0.15, 0.2) is 22.6 Å². The second-order valence-corrected chi connectivity index (χ2v) is 5.60. The highest BCUT2D eigenvalue weighted by Crippen LogP contribution is 2.23. The van der Waals surface area contributed by atoms with Crippen LogP contribution in [0.3, 0.4) is 0 Å². The predicted octanol–water partition coefficient (Wildman–Crippen LogP) is 2.56. The molecule has 2 aromatic rings. The van der Waals surface area contributed by atoms with Crippen molar-refractivity contribution in [1.29, 1.82) is 0 Å². The molecular weight excluding hydrogens is 259 g/mol. The molecule has 20 heavy (non-hydrogen) atoms. The van der Waals surface area contributed by atoms with Crippen molar-refractivity contribution in [3.8, 4) is 0 Å². The van der Waals surface area contributed by atoms with Crippen LogP contribution in [0.5, 0.6) is 0 Å². The maximum absolute atomic E-state index is 13.1. The van der Waals surface area contributed by atoms with Gasteiger partial charge in [0.15, 0.2) is 5.58 Å². The van der Waals surface area contributed by atoms with Crippen LogP contribution in [0, 0.1) is 11.7 Å². The van der Waals surface area contributed by atoms with Crippen molar-refractivity contribution in [2.75, 3.05) is 13.1 Å². The van der Waals surface area contributed by atoms with Gasteiger partial charge in [-0.1, -0.05) is 0 Å². The van der Waals surface area contributed by atoms with Crippen LogP contribution in [-0.2, 0) is 6.54 Å². The number of hydrogen-bond acceptors (Lipinski definition) is 4. The van der Waals surface area contributed by atoms with E-state index in [1.165, 1.54) is 12.1 Å². The normalized spacial score (nSPS) is 22.2. The van der Waals surface area contributed by atoms with E-state index in [1.807, 2.05) is 6.92 Å². The topological polar surface area (TPSA) is 49.5 Å². The first kappa shape index (κ1) is 13.5. The van der Waals surface area contributed by atoms with E-state index in [2.05, 4.69) is 9.88 Å². The van der Waals surface area contributed by atoms with Gasteiger partial charge in [-0.25, -0.2) is 9.37 Å². The number of halogens is 1. The molecule has 0 spiro atoms. The third-order valence-electron chi connectivity index (χ3n) is 3.98. The summed E-state index contributed by atoms with van der Waals surface area (Å²) in [6, 6.07) is 4.38. The number of benzene rings is 1. The summed E-state index contributed by atoms with van der Waals surface area (Å²) in [5, 5.41) is 9.70. The summed E-state index contributed by atoms with van der Waals surface area (Å²) in [5.41, 5.74) is 1.18. The third-order valence-corrected chi connectivity index (χ3v) is 3.98. The fourth-order valence-electron chi connectivity index (χ4n) is 2.83. The number of aliphatic hydroxyl groups excluding tert-OH is 1. The SMILES string of the molecule is CC(O)C1CCCN(Cc2nc3ccc(F)cc3o2)C1. The minimum absolute atomic E-state index is 0.282. The summed E-state index contributed by atoms with van der Waals surface area (Å²) < 4.78 is 18.7. The number of rotatable bonds is 3. The summed E-state index contributed by atoms with van der Waals surface area (Å²) in [4.78, 5) is 6.62. The molecule has 0 amide bonds. The molecule has 0 radical (unpaired) electrons. The molecule has 4 nitrogen and oxygen atoms in total. The van der Waals surface area contributed by atoms with Gasteiger partial charge in [-0.05, 0) is 44.4 Å². The average Bonchev–Trinajstić information content (AvgIpc) is 2.80. The minimum Gasteiger partial charge on any atom is -0.439 e. The highest BCUT2D eigenvalue weighted by molar-refractivity contribution is 5.72. The van der Waals surface area contributed by atoms with E-state index >= 15 is 0 Å². The van der Waals surface area contributed by atoms with Crippen LogP contribution in [0.2, 0.25) is 0 Å². The van der Waals surface area contributed by atoms with E-state index in [0.717, 1.165) is 25.9 Å². The van der Waals surface area contributed by atoms with Crippen molar-refractivity contribution in [2.24, 2.45) is 5.92 Å². The van der Waals surface area contributed by atoms with Crippen LogP contribution < -0.4 is 0 Å². The Labute approximate surface area is 117 Å². The van der Waals surface area contributed by atoms with Crippen molar-refractivity contribution in [3.63, 3.8) is 0 Å². The average molecular weight is 278 g/mol.